The van der Waals surface area contributed by atoms with E-state index in [0.717, 1.165) is 23.5 Å². The van der Waals surface area contributed by atoms with E-state index in [1.54, 1.807) is 11.3 Å². The Kier molecular flexibility index (Phi) is 5.80. The predicted octanol–water partition coefficient (Wildman–Crippen LogP) is 5.46. The lowest BCUT2D eigenvalue weighted by molar-refractivity contribution is 0.641. The van der Waals surface area contributed by atoms with Gasteiger partial charge in [-0.05, 0) is 41.8 Å². The van der Waals surface area contributed by atoms with Gasteiger partial charge in [-0.25, -0.2) is 4.99 Å². The van der Waals surface area contributed by atoms with Gasteiger partial charge < -0.3 is 10.3 Å². The predicted molar refractivity (Wildman–Crippen MR) is 119 cm³/mol. The molecule has 0 fully saturated rings. The molecule has 3 nitrogen and oxygen atoms in total. The normalized spacial score (nSPS) is 11.7. The summed E-state index contributed by atoms with van der Waals surface area (Å²) in [5.74, 6) is 0. The average Bonchev–Trinajstić information content (AvgIpc) is 3.16. The molecule has 0 atom stereocenters. The number of benzene rings is 3. The van der Waals surface area contributed by atoms with Crippen LogP contribution in [-0.2, 0) is 6.54 Å². The van der Waals surface area contributed by atoms with Crippen LogP contribution in [0.1, 0.15) is 6.42 Å². The third-order valence-corrected chi connectivity index (χ3v) is 5.52. The second-order valence-corrected chi connectivity index (χ2v) is 7.42. The molecule has 0 saturated carbocycles. The second kappa shape index (κ2) is 8.83. The van der Waals surface area contributed by atoms with Crippen LogP contribution >= 0.6 is 11.3 Å². The summed E-state index contributed by atoms with van der Waals surface area (Å²) in [6.07, 6.45) is 0.924. The number of hydrogen-bond donors (Lipinski definition) is 1. The van der Waals surface area contributed by atoms with E-state index in [9.17, 15) is 0 Å². The monoisotopic (exact) mass is 385 g/mol. The largest absolute Gasteiger partial charge is 0.330 e. The zero-order valence-corrected chi connectivity index (χ0v) is 16.5. The van der Waals surface area contributed by atoms with Gasteiger partial charge in [-0.15, -0.1) is 11.3 Å². The zero-order valence-electron chi connectivity index (χ0n) is 15.7. The fourth-order valence-corrected chi connectivity index (χ4v) is 4.15. The minimum Gasteiger partial charge on any atom is -0.330 e. The molecule has 0 radical (unpaired) electrons. The molecule has 1 aromatic heterocycles. The van der Waals surface area contributed by atoms with Crippen molar-refractivity contribution in [3.05, 3.63) is 95.1 Å². The molecular weight excluding hydrogens is 362 g/mol. The van der Waals surface area contributed by atoms with Crippen molar-refractivity contribution in [2.75, 3.05) is 6.54 Å². The lowest BCUT2D eigenvalue weighted by Crippen LogP contribution is -2.18. The first-order chi connectivity index (χ1) is 13.8. The van der Waals surface area contributed by atoms with Crippen LogP contribution in [0.3, 0.4) is 0 Å². The van der Waals surface area contributed by atoms with E-state index in [-0.39, 0.29) is 0 Å². The van der Waals surface area contributed by atoms with Gasteiger partial charge in [0.1, 0.15) is 0 Å². The smallest absolute Gasteiger partial charge is 0.190 e. The molecule has 0 aliphatic carbocycles. The quantitative estimate of drug-likeness (QED) is 0.470. The number of thiazole rings is 1. The van der Waals surface area contributed by atoms with Gasteiger partial charge in [0.2, 0.25) is 0 Å². The van der Waals surface area contributed by atoms with Crippen LogP contribution in [-0.4, -0.2) is 11.1 Å². The molecule has 0 saturated heterocycles. The van der Waals surface area contributed by atoms with Crippen molar-refractivity contribution in [3.63, 3.8) is 0 Å². The molecule has 3 aromatic carbocycles. The van der Waals surface area contributed by atoms with Gasteiger partial charge in [-0.3, -0.25) is 0 Å². The van der Waals surface area contributed by atoms with Gasteiger partial charge >= 0.3 is 0 Å². The van der Waals surface area contributed by atoms with Gasteiger partial charge in [0.05, 0.1) is 11.4 Å². The van der Waals surface area contributed by atoms with Crippen molar-refractivity contribution in [2.45, 2.75) is 13.0 Å². The highest BCUT2D eigenvalue weighted by Crippen LogP contribution is 2.25. The highest BCUT2D eigenvalue weighted by atomic mass is 32.1. The van der Waals surface area contributed by atoms with E-state index in [1.807, 2.05) is 36.4 Å². The molecule has 0 aliphatic rings. The summed E-state index contributed by atoms with van der Waals surface area (Å²) in [4.78, 5) is 5.85. The topological polar surface area (TPSA) is 43.3 Å². The highest BCUT2D eigenvalue weighted by Gasteiger charge is 2.08. The van der Waals surface area contributed by atoms with E-state index < -0.39 is 0 Å². The van der Waals surface area contributed by atoms with Crippen molar-refractivity contribution in [2.24, 2.45) is 10.7 Å². The van der Waals surface area contributed by atoms with Crippen molar-refractivity contribution < 1.29 is 0 Å². The van der Waals surface area contributed by atoms with E-state index in [1.165, 1.54) is 22.4 Å². The number of para-hydroxylation sites is 1. The fourth-order valence-electron chi connectivity index (χ4n) is 3.19. The molecule has 0 bridgehead atoms. The maximum atomic E-state index is 5.78. The first kappa shape index (κ1) is 18.4. The number of aromatic nitrogens is 1. The van der Waals surface area contributed by atoms with E-state index in [0.29, 0.717) is 6.54 Å². The van der Waals surface area contributed by atoms with Gasteiger partial charge in [0, 0.05) is 11.9 Å². The van der Waals surface area contributed by atoms with Crippen LogP contribution in [0.5, 0.6) is 0 Å². The third-order valence-electron chi connectivity index (χ3n) is 4.65. The first-order valence-electron chi connectivity index (χ1n) is 9.49. The van der Waals surface area contributed by atoms with Crippen LogP contribution in [0.2, 0.25) is 0 Å². The molecular formula is C24H23N3S. The van der Waals surface area contributed by atoms with Crippen molar-refractivity contribution in [3.8, 4) is 22.4 Å². The zero-order chi connectivity index (χ0) is 19.2. The lowest BCUT2D eigenvalue weighted by Gasteiger charge is -2.09. The van der Waals surface area contributed by atoms with Crippen molar-refractivity contribution in [1.29, 1.82) is 0 Å². The Hall–Kier alpha value is -2.95. The molecule has 4 aromatic rings. The van der Waals surface area contributed by atoms with Crippen LogP contribution in [0.15, 0.2) is 95.3 Å². The van der Waals surface area contributed by atoms with Gasteiger partial charge in [-0.2, -0.15) is 0 Å². The molecule has 2 N–H and O–H groups in total. The molecule has 140 valence electrons. The summed E-state index contributed by atoms with van der Waals surface area (Å²) in [5, 5.41) is 2.19. The summed E-state index contributed by atoms with van der Waals surface area (Å²) >= 11 is 1.67. The number of nitrogens with two attached hydrogens (primary N) is 1. The Balaban J connectivity index is 1.72. The minimum atomic E-state index is 0.667. The Morgan fingerprint density at radius 2 is 1.36 bits per heavy atom. The highest BCUT2D eigenvalue weighted by molar-refractivity contribution is 7.07. The van der Waals surface area contributed by atoms with Gasteiger partial charge in [0.15, 0.2) is 4.80 Å². The Labute approximate surface area is 169 Å². The van der Waals surface area contributed by atoms with E-state index >= 15 is 0 Å². The average molecular weight is 386 g/mol. The molecule has 1 heterocycles. The molecule has 28 heavy (non-hydrogen) atoms. The molecule has 4 rings (SSSR count). The summed E-state index contributed by atoms with van der Waals surface area (Å²) in [5.41, 5.74) is 11.6. The maximum absolute atomic E-state index is 5.78. The van der Waals surface area contributed by atoms with E-state index in [2.05, 4.69) is 58.5 Å². The third kappa shape index (κ3) is 4.14. The summed E-state index contributed by atoms with van der Waals surface area (Å²) < 4.78 is 2.28. The SMILES string of the molecule is NCCCn1c(-c2ccc(-c3ccccc3)cc2)cs/c1=N/c1ccccc1. The molecule has 4 heteroatoms. The van der Waals surface area contributed by atoms with Gasteiger partial charge in [-0.1, -0.05) is 72.8 Å². The maximum Gasteiger partial charge on any atom is 0.190 e. The second-order valence-electron chi connectivity index (χ2n) is 6.59. The van der Waals surface area contributed by atoms with Gasteiger partial charge in [0.25, 0.3) is 0 Å². The van der Waals surface area contributed by atoms with E-state index in [4.69, 9.17) is 10.7 Å². The first-order valence-corrected chi connectivity index (χ1v) is 10.4. The summed E-state index contributed by atoms with van der Waals surface area (Å²) in [6, 6.07) is 29.3. The van der Waals surface area contributed by atoms with Crippen LogP contribution in [0.4, 0.5) is 5.69 Å². The molecule has 0 amide bonds. The molecule has 0 aliphatic heterocycles. The minimum absolute atomic E-state index is 0.667. The number of rotatable bonds is 6. The number of hydrogen-bond acceptors (Lipinski definition) is 3. The van der Waals surface area contributed by atoms with Crippen LogP contribution < -0.4 is 10.5 Å². The van der Waals surface area contributed by atoms with Crippen molar-refractivity contribution in [1.82, 2.24) is 4.57 Å². The lowest BCUT2D eigenvalue weighted by atomic mass is 10.0. The Morgan fingerprint density at radius 1 is 0.750 bits per heavy atom. The van der Waals surface area contributed by atoms with Crippen LogP contribution in [0.25, 0.3) is 22.4 Å². The Bertz CT molecular complexity index is 1080. The van der Waals surface area contributed by atoms with Crippen molar-refractivity contribution >= 4 is 17.0 Å². The fraction of sp³-hybridized carbons (Fsp3) is 0.125. The summed E-state index contributed by atoms with van der Waals surface area (Å²) in [7, 11) is 0. The van der Waals surface area contributed by atoms with Crippen LogP contribution in [0, 0.1) is 0 Å². The molecule has 0 unspecified atom stereocenters. The number of nitrogens with zero attached hydrogens (tertiary/aromatic N) is 2. The molecule has 0 spiro atoms. The standard InChI is InChI=1S/C24H23N3S/c25-16-7-17-27-23(18-28-24(27)26-22-10-5-2-6-11-22)21-14-12-20(13-15-21)19-8-3-1-4-9-19/h1-6,8-15,18H,7,16-17,25H2/b26-24+. The Morgan fingerprint density at radius 3 is 2.04 bits per heavy atom. The summed E-state index contributed by atoms with van der Waals surface area (Å²) in [6.45, 7) is 1.53.